The third-order valence-electron chi connectivity index (χ3n) is 4.32. The lowest BCUT2D eigenvalue weighted by molar-refractivity contribution is -0.135. The molecule has 1 atom stereocenters. The summed E-state index contributed by atoms with van der Waals surface area (Å²) in [5.74, 6) is 1.08. The topological polar surface area (TPSA) is 90.6 Å². The predicted octanol–water partition coefficient (Wildman–Crippen LogP) is 1.43. The van der Waals surface area contributed by atoms with Crippen LogP contribution in [0.2, 0.25) is 0 Å². The number of morpholine rings is 1. The van der Waals surface area contributed by atoms with E-state index in [9.17, 15) is 4.79 Å². The number of nitrogen functional groups attached to an aromatic ring is 1. The lowest BCUT2D eigenvalue weighted by Crippen LogP contribution is -2.44. The van der Waals surface area contributed by atoms with Gasteiger partial charge in [-0.1, -0.05) is 18.2 Å². The zero-order valence-corrected chi connectivity index (χ0v) is 13.6. The van der Waals surface area contributed by atoms with Crippen LogP contribution in [-0.4, -0.2) is 47.1 Å². The van der Waals surface area contributed by atoms with Gasteiger partial charge in [0.25, 0.3) is 5.91 Å². The van der Waals surface area contributed by atoms with Crippen molar-refractivity contribution in [3.8, 4) is 5.75 Å². The summed E-state index contributed by atoms with van der Waals surface area (Å²) >= 11 is 0. The van der Waals surface area contributed by atoms with Gasteiger partial charge in [-0.3, -0.25) is 9.78 Å². The van der Waals surface area contributed by atoms with Gasteiger partial charge in [0.05, 0.1) is 18.7 Å². The van der Waals surface area contributed by atoms with Gasteiger partial charge in [-0.25, -0.2) is 4.98 Å². The molecule has 7 nitrogen and oxygen atoms in total. The van der Waals surface area contributed by atoms with Crippen LogP contribution in [0.1, 0.15) is 17.4 Å². The molecule has 1 unspecified atom stereocenters. The second kappa shape index (κ2) is 6.52. The second-order valence-electron chi connectivity index (χ2n) is 5.93. The number of rotatable bonds is 2. The minimum atomic E-state index is -0.371. The van der Waals surface area contributed by atoms with Crippen LogP contribution in [0.25, 0.3) is 6.08 Å². The van der Waals surface area contributed by atoms with E-state index in [4.69, 9.17) is 15.2 Å². The number of fused-ring (bicyclic) bond motifs is 1. The minimum Gasteiger partial charge on any atom is -0.488 e. The largest absolute Gasteiger partial charge is 0.488 e. The first-order valence-corrected chi connectivity index (χ1v) is 8.12. The zero-order chi connectivity index (χ0) is 17.2. The van der Waals surface area contributed by atoms with E-state index in [1.165, 1.54) is 6.20 Å². The molecule has 1 saturated heterocycles. The van der Waals surface area contributed by atoms with E-state index < -0.39 is 0 Å². The number of anilines is 1. The summed E-state index contributed by atoms with van der Waals surface area (Å²) in [6.45, 7) is 1.61. The summed E-state index contributed by atoms with van der Waals surface area (Å²) in [7, 11) is 0. The van der Waals surface area contributed by atoms with Crippen LogP contribution in [-0.2, 0) is 9.53 Å². The van der Waals surface area contributed by atoms with Crippen molar-refractivity contribution in [2.45, 2.75) is 6.10 Å². The fourth-order valence-electron chi connectivity index (χ4n) is 3.05. The van der Waals surface area contributed by atoms with Crippen LogP contribution in [0.3, 0.4) is 0 Å². The number of carbonyl (C=O) groups is 1. The number of nitrogens with zero attached hydrogens (tertiary/aromatic N) is 3. The maximum absolute atomic E-state index is 12.9. The van der Waals surface area contributed by atoms with Crippen molar-refractivity contribution in [3.63, 3.8) is 0 Å². The first-order chi connectivity index (χ1) is 12.2. The van der Waals surface area contributed by atoms with E-state index in [1.807, 2.05) is 30.3 Å². The molecular weight excluding hydrogens is 320 g/mol. The highest BCUT2D eigenvalue weighted by Crippen LogP contribution is 2.28. The first-order valence-electron chi connectivity index (χ1n) is 8.12. The molecule has 0 aliphatic carbocycles. The van der Waals surface area contributed by atoms with Gasteiger partial charge in [0, 0.05) is 24.5 Å². The molecule has 25 heavy (non-hydrogen) atoms. The molecule has 4 rings (SSSR count). The Morgan fingerprint density at radius 1 is 1.24 bits per heavy atom. The molecule has 0 saturated carbocycles. The number of para-hydroxylation sites is 1. The minimum absolute atomic E-state index is 0.0507. The number of carbonyl (C=O) groups excluding carboxylic acids is 1. The number of amides is 1. The monoisotopic (exact) mass is 338 g/mol. The summed E-state index contributed by atoms with van der Waals surface area (Å²) in [5, 5.41) is 0. The molecule has 1 amide bonds. The Kier molecular flexibility index (Phi) is 4.07. The Bertz CT molecular complexity index is 837. The molecule has 1 aromatic heterocycles. The molecule has 1 fully saturated rings. The lowest BCUT2D eigenvalue weighted by atomic mass is 10.1. The molecule has 3 heterocycles. The normalized spacial score (nSPS) is 19.6. The molecule has 7 heteroatoms. The van der Waals surface area contributed by atoms with Crippen LogP contribution >= 0.6 is 0 Å². The number of hydrogen-bond acceptors (Lipinski definition) is 6. The highest BCUT2D eigenvalue weighted by atomic mass is 16.5. The van der Waals surface area contributed by atoms with Crippen LogP contribution in [0, 0.1) is 0 Å². The van der Waals surface area contributed by atoms with Gasteiger partial charge in [-0.2, -0.15) is 0 Å². The van der Waals surface area contributed by atoms with Gasteiger partial charge in [0.1, 0.15) is 30.0 Å². The van der Waals surface area contributed by atoms with Gasteiger partial charge in [-0.05, 0) is 12.1 Å². The Morgan fingerprint density at radius 2 is 2.08 bits per heavy atom. The lowest BCUT2D eigenvalue weighted by Gasteiger charge is -2.33. The molecule has 128 valence electrons. The van der Waals surface area contributed by atoms with Crippen molar-refractivity contribution >= 4 is 17.8 Å². The molecule has 2 aliphatic heterocycles. The fourth-order valence-corrected chi connectivity index (χ4v) is 3.05. The number of benzene rings is 1. The Balaban J connectivity index is 1.53. The summed E-state index contributed by atoms with van der Waals surface area (Å²) in [4.78, 5) is 22.9. The predicted molar refractivity (Wildman–Crippen MR) is 91.6 cm³/mol. The van der Waals surface area contributed by atoms with Gasteiger partial charge in [0.15, 0.2) is 0 Å². The maximum atomic E-state index is 12.9. The highest BCUT2D eigenvalue weighted by Gasteiger charge is 2.30. The molecule has 1 aromatic carbocycles. The van der Waals surface area contributed by atoms with Crippen LogP contribution < -0.4 is 10.5 Å². The average molecular weight is 338 g/mol. The Morgan fingerprint density at radius 3 is 2.96 bits per heavy atom. The Hall–Kier alpha value is -2.93. The summed E-state index contributed by atoms with van der Waals surface area (Å²) < 4.78 is 11.4. The average Bonchev–Trinajstić information content (AvgIpc) is 2.67. The van der Waals surface area contributed by atoms with E-state index in [1.54, 1.807) is 11.1 Å². The van der Waals surface area contributed by atoms with Crippen molar-refractivity contribution in [2.75, 3.05) is 32.0 Å². The van der Waals surface area contributed by atoms with Gasteiger partial charge in [-0.15, -0.1) is 0 Å². The number of ether oxygens (including phenoxy) is 2. The fraction of sp³-hybridized carbons (Fsp3) is 0.278. The van der Waals surface area contributed by atoms with Gasteiger partial charge < -0.3 is 20.1 Å². The smallest absolute Gasteiger partial charge is 0.253 e. The highest BCUT2D eigenvalue weighted by molar-refractivity contribution is 5.99. The number of nitrogens with two attached hydrogens (primary N) is 1. The van der Waals surface area contributed by atoms with E-state index in [0.29, 0.717) is 36.8 Å². The van der Waals surface area contributed by atoms with Crippen molar-refractivity contribution in [2.24, 2.45) is 0 Å². The summed E-state index contributed by atoms with van der Waals surface area (Å²) in [5.41, 5.74) is 8.00. The van der Waals surface area contributed by atoms with Crippen molar-refractivity contribution < 1.29 is 14.3 Å². The van der Waals surface area contributed by atoms with E-state index >= 15 is 0 Å². The molecule has 0 radical (unpaired) electrons. The second-order valence-corrected chi connectivity index (χ2v) is 5.93. The standard InChI is InChI=1S/C18H18N4O3/c19-17-16(20-5-6-21-17)15-10-22(7-8-24-15)18(23)13-9-12-3-1-2-4-14(12)25-11-13/h1-6,9,15H,7-8,10-11H2,(H2,19,21). The molecule has 2 aromatic rings. The van der Waals surface area contributed by atoms with Gasteiger partial charge >= 0.3 is 0 Å². The summed E-state index contributed by atoms with van der Waals surface area (Å²) in [6.07, 6.45) is 4.63. The SMILES string of the molecule is Nc1nccnc1C1CN(C(=O)C2=Cc3ccccc3OC2)CCO1. The molecular formula is C18H18N4O3. The quantitative estimate of drug-likeness (QED) is 0.891. The third-order valence-corrected chi connectivity index (χ3v) is 4.32. The maximum Gasteiger partial charge on any atom is 0.253 e. The first kappa shape index (κ1) is 15.6. The van der Waals surface area contributed by atoms with Crippen LogP contribution in [0.15, 0.2) is 42.2 Å². The van der Waals surface area contributed by atoms with Crippen molar-refractivity contribution in [1.29, 1.82) is 0 Å². The molecule has 2 N–H and O–H groups in total. The Labute approximate surface area is 145 Å². The third kappa shape index (κ3) is 3.06. The number of hydrogen-bond donors (Lipinski definition) is 1. The van der Waals surface area contributed by atoms with E-state index in [2.05, 4.69) is 9.97 Å². The van der Waals surface area contributed by atoms with Gasteiger partial charge in [0.2, 0.25) is 0 Å². The van der Waals surface area contributed by atoms with E-state index in [-0.39, 0.29) is 18.6 Å². The van der Waals surface area contributed by atoms with Crippen molar-refractivity contribution in [3.05, 3.63) is 53.5 Å². The zero-order valence-electron chi connectivity index (χ0n) is 13.6. The van der Waals surface area contributed by atoms with E-state index in [0.717, 1.165) is 11.3 Å². The van der Waals surface area contributed by atoms with Crippen molar-refractivity contribution in [1.82, 2.24) is 14.9 Å². The molecule has 0 spiro atoms. The number of aromatic nitrogens is 2. The summed E-state index contributed by atoms with van der Waals surface area (Å²) in [6, 6.07) is 7.67. The van der Waals surface area contributed by atoms with Crippen LogP contribution in [0.4, 0.5) is 5.82 Å². The van der Waals surface area contributed by atoms with Crippen LogP contribution in [0.5, 0.6) is 5.75 Å². The molecule has 0 bridgehead atoms. The molecule has 2 aliphatic rings.